The molecule has 0 N–H and O–H groups in total. The number of nitrogens with zero attached hydrogens (tertiary/aromatic N) is 2. The summed E-state index contributed by atoms with van der Waals surface area (Å²) in [6, 6.07) is 10.6. The van der Waals surface area contributed by atoms with Gasteiger partial charge in [0.15, 0.2) is 0 Å². The summed E-state index contributed by atoms with van der Waals surface area (Å²) < 4.78 is 2.37. The van der Waals surface area contributed by atoms with Crippen molar-refractivity contribution in [3.8, 4) is 0 Å². The normalized spacial score (nSPS) is 11.4. The Morgan fingerprint density at radius 1 is 1.11 bits per heavy atom. The van der Waals surface area contributed by atoms with Crippen LogP contribution in [0.1, 0.15) is 26.2 Å². The number of fused-ring (bicyclic) bond motifs is 3. The first-order valence-electron chi connectivity index (χ1n) is 6.72. The van der Waals surface area contributed by atoms with Crippen molar-refractivity contribution < 1.29 is 0 Å². The maximum Gasteiger partial charge on any atom is 0.0723 e. The van der Waals surface area contributed by atoms with E-state index in [9.17, 15) is 0 Å². The van der Waals surface area contributed by atoms with Gasteiger partial charge in [-0.25, -0.2) is 0 Å². The molecule has 2 aromatic heterocycles. The molecule has 0 aliphatic carbocycles. The Hall–Kier alpha value is -1.83. The third-order valence-corrected chi connectivity index (χ3v) is 3.50. The molecule has 0 aliphatic rings. The molecule has 2 nitrogen and oxygen atoms in total. The molecule has 1 aromatic carbocycles. The number of pyridine rings is 1. The highest BCUT2D eigenvalue weighted by Crippen LogP contribution is 2.24. The van der Waals surface area contributed by atoms with Crippen LogP contribution in [0.25, 0.3) is 21.8 Å². The SMILES string of the molecule is CCCCCn1ccc2cnc3ccccc3c21. The Balaban J connectivity index is 2.12. The van der Waals surface area contributed by atoms with Crippen molar-refractivity contribution >= 4 is 21.8 Å². The van der Waals surface area contributed by atoms with Gasteiger partial charge in [0.05, 0.1) is 11.0 Å². The predicted octanol–water partition coefficient (Wildman–Crippen LogP) is 4.38. The molecule has 0 aliphatic heterocycles. The first-order chi connectivity index (χ1) is 8.90. The molecule has 0 bridgehead atoms. The number of para-hydroxylation sites is 1. The zero-order valence-corrected chi connectivity index (χ0v) is 10.8. The third-order valence-electron chi connectivity index (χ3n) is 3.50. The standard InChI is InChI=1S/C16H18N2/c1-2-3-6-10-18-11-9-13-12-17-15-8-5-4-7-14(15)16(13)18/h4-5,7-9,11-12H,2-3,6,10H2,1H3. The fraction of sp³-hybridized carbons (Fsp3) is 0.312. The lowest BCUT2D eigenvalue weighted by Crippen LogP contribution is -1.96. The molecular weight excluding hydrogens is 220 g/mol. The Morgan fingerprint density at radius 2 is 2.00 bits per heavy atom. The van der Waals surface area contributed by atoms with Gasteiger partial charge >= 0.3 is 0 Å². The van der Waals surface area contributed by atoms with Crippen LogP contribution in [0.15, 0.2) is 42.7 Å². The minimum absolute atomic E-state index is 1.08. The molecule has 0 saturated heterocycles. The van der Waals surface area contributed by atoms with Crippen molar-refractivity contribution in [1.82, 2.24) is 9.55 Å². The van der Waals surface area contributed by atoms with Crippen LogP contribution in [0.4, 0.5) is 0 Å². The average Bonchev–Trinajstić information content (AvgIpc) is 2.83. The second-order valence-electron chi connectivity index (χ2n) is 4.80. The number of hydrogen-bond donors (Lipinski definition) is 0. The minimum atomic E-state index is 1.08. The molecule has 18 heavy (non-hydrogen) atoms. The van der Waals surface area contributed by atoms with E-state index in [2.05, 4.69) is 46.9 Å². The summed E-state index contributed by atoms with van der Waals surface area (Å²) in [7, 11) is 0. The molecule has 0 saturated carbocycles. The molecule has 2 heteroatoms. The van der Waals surface area contributed by atoms with Gasteiger partial charge in [-0.1, -0.05) is 38.0 Å². The highest BCUT2D eigenvalue weighted by molar-refractivity contribution is 6.03. The Morgan fingerprint density at radius 3 is 2.89 bits per heavy atom. The molecule has 3 aromatic rings. The average molecular weight is 238 g/mol. The molecule has 0 fully saturated rings. The zero-order valence-electron chi connectivity index (χ0n) is 10.8. The first kappa shape index (κ1) is 11.3. The van der Waals surface area contributed by atoms with Crippen molar-refractivity contribution in [2.24, 2.45) is 0 Å². The third kappa shape index (κ3) is 1.88. The fourth-order valence-electron chi connectivity index (χ4n) is 2.55. The van der Waals surface area contributed by atoms with Crippen LogP contribution in [-0.4, -0.2) is 9.55 Å². The number of unbranched alkanes of at least 4 members (excludes halogenated alkanes) is 2. The van der Waals surface area contributed by atoms with Crippen LogP contribution in [-0.2, 0) is 6.54 Å². The van der Waals surface area contributed by atoms with Gasteiger partial charge in [0.1, 0.15) is 0 Å². The number of rotatable bonds is 4. The molecule has 0 unspecified atom stereocenters. The summed E-state index contributed by atoms with van der Waals surface area (Å²) in [5.41, 5.74) is 2.41. The zero-order chi connectivity index (χ0) is 12.4. The van der Waals surface area contributed by atoms with Crippen LogP contribution in [0.3, 0.4) is 0 Å². The van der Waals surface area contributed by atoms with E-state index in [-0.39, 0.29) is 0 Å². The molecule has 3 rings (SSSR count). The van der Waals surface area contributed by atoms with Gasteiger partial charge in [0.25, 0.3) is 0 Å². The van der Waals surface area contributed by atoms with Crippen molar-refractivity contribution in [1.29, 1.82) is 0 Å². The van der Waals surface area contributed by atoms with Gasteiger partial charge in [0, 0.05) is 29.7 Å². The lowest BCUT2D eigenvalue weighted by Gasteiger charge is -2.07. The second-order valence-corrected chi connectivity index (χ2v) is 4.80. The number of hydrogen-bond acceptors (Lipinski definition) is 1. The lowest BCUT2D eigenvalue weighted by atomic mass is 10.1. The highest BCUT2D eigenvalue weighted by Gasteiger charge is 2.05. The van der Waals surface area contributed by atoms with Gasteiger partial charge in [-0.15, -0.1) is 0 Å². The summed E-state index contributed by atoms with van der Waals surface area (Å²) in [6.45, 7) is 3.35. The van der Waals surface area contributed by atoms with Crippen LogP contribution in [0, 0.1) is 0 Å². The summed E-state index contributed by atoms with van der Waals surface area (Å²) >= 11 is 0. The number of benzene rings is 1. The van der Waals surface area contributed by atoms with E-state index < -0.39 is 0 Å². The van der Waals surface area contributed by atoms with Gasteiger partial charge in [-0.3, -0.25) is 4.98 Å². The number of aryl methyl sites for hydroxylation is 1. The van der Waals surface area contributed by atoms with Crippen molar-refractivity contribution in [3.05, 3.63) is 42.7 Å². The van der Waals surface area contributed by atoms with Gasteiger partial charge in [0.2, 0.25) is 0 Å². The van der Waals surface area contributed by atoms with Crippen LogP contribution >= 0.6 is 0 Å². The first-order valence-corrected chi connectivity index (χ1v) is 6.72. The van der Waals surface area contributed by atoms with Crippen molar-refractivity contribution in [2.75, 3.05) is 0 Å². The van der Waals surface area contributed by atoms with E-state index in [4.69, 9.17) is 0 Å². The maximum atomic E-state index is 4.51. The van der Waals surface area contributed by atoms with Gasteiger partial charge in [-0.05, 0) is 18.6 Å². The van der Waals surface area contributed by atoms with Gasteiger partial charge in [-0.2, -0.15) is 0 Å². The van der Waals surface area contributed by atoms with E-state index in [1.165, 1.54) is 35.6 Å². The van der Waals surface area contributed by atoms with Crippen LogP contribution < -0.4 is 0 Å². The molecule has 0 spiro atoms. The summed E-state index contributed by atoms with van der Waals surface area (Å²) in [5, 5.41) is 2.50. The van der Waals surface area contributed by atoms with Crippen molar-refractivity contribution in [3.63, 3.8) is 0 Å². The topological polar surface area (TPSA) is 17.8 Å². The monoisotopic (exact) mass is 238 g/mol. The van der Waals surface area contributed by atoms with Crippen LogP contribution in [0.2, 0.25) is 0 Å². The molecule has 92 valence electrons. The quantitative estimate of drug-likeness (QED) is 0.617. The molecular formula is C16H18N2. The Kier molecular flexibility index (Phi) is 3.01. The van der Waals surface area contributed by atoms with E-state index in [0.29, 0.717) is 0 Å². The highest BCUT2D eigenvalue weighted by atomic mass is 15.0. The Labute approximate surface area is 107 Å². The molecule has 0 radical (unpaired) electrons. The molecule has 0 atom stereocenters. The number of aromatic nitrogens is 2. The molecule has 0 amide bonds. The summed E-state index contributed by atoms with van der Waals surface area (Å²) in [6.07, 6.45) is 7.98. The van der Waals surface area contributed by atoms with E-state index >= 15 is 0 Å². The fourth-order valence-corrected chi connectivity index (χ4v) is 2.55. The lowest BCUT2D eigenvalue weighted by molar-refractivity contribution is 0.617. The van der Waals surface area contributed by atoms with Crippen molar-refractivity contribution in [2.45, 2.75) is 32.7 Å². The summed E-state index contributed by atoms with van der Waals surface area (Å²) in [4.78, 5) is 4.51. The predicted molar refractivity (Wildman–Crippen MR) is 76.8 cm³/mol. The second kappa shape index (κ2) is 4.81. The van der Waals surface area contributed by atoms with E-state index in [1.54, 1.807) is 0 Å². The van der Waals surface area contributed by atoms with Gasteiger partial charge < -0.3 is 4.57 Å². The smallest absolute Gasteiger partial charge is 0.0723 e. The Bertz CT molecular complexity index is 667. The van der Waals surface area contributed by atoms with E-state index in [1.807, 2.05) is 12.3 Å². The maximum absolute atomic E-state index is 4.51. The van der Waals surface area contributed by atoms with Crippen LogP contribution in [0.5, 0.6) is 0 Å². The summed E-state index contributed by atoms with van der Waals surface area (Å²) in [5.74, 6) is 0. The van der Waals surface area contributed by atoms with E-state index in [0.717, 1.165) is 12.1 Å². The minimum Gasteiger partial charge on any atom is -0.347 e. The molecule has 2 heterocycles. The largest absolute Gasteiger partial charge is 0.347 e.